The molecule has 4 aromatic carbocycles. The molecule has 0 aliphatic carbocycles. The normalized spacial score (nSPS) is 10.5. The van der Waals surface area contributed by atoms with Gasteiger partial charge < -0.3 is 0 Å². The van der Waals surface area contributed by atoms with Crippen LogP contribution in [0.2, 0.25) is 0 Å². The minimum atomic E-state index is 1.37. The Kier molecular flexibility index (Phi) is 6.88. The van der Waals surface area contributed by atoms with Gasteiger partial charge in [-0.25, -0.2) is 0 Å². The summed E-state index contributed by atoms with van der Waals surface area (Å²) < 4.78 is 0. The van der Waals surface area contributed by atoms with Crippen LogP contribution in [0.4, 0.5) is 0 Å². The topological polar surface area (TPSA) is 0 Å². The molecule has 4 rings (SSSR count). The smallest absolute Gasteiger partial charge is 0.00960 e. The summed E-state index contributed by atoms with van der Waals surface area (Å²) in [6.07, 6.45) is 0. The summed E-state index contributed by atoms with van der Waals surface area (Å²) in [5.41, 5.74) is 8.20. The Balaban J connectivity index is 0.000000660. The average molecular weight is 373 g/mol. The molecule has 0 aromatic heterocycles. The van der Waals surface area contributed by atoms with Crippen LogP contribution >= 0.6 is 0 Å². The number of benzene rings is 4. The SMILES string of the molecule is CC.CC.Cc1cc2c3cc(C)c(C)cc3c3cc(C)c(C)cc3c2cc1C. The first kappa shape index (κ1) is 22.0. The first-order chi connectivity index (χ1) is 13.4. The second kappa shape index (κ2) is 8.78. The standard InChI is InChI=1S/C24H24.2C2H6/c1-13-7-19-20(8-14(13)2)22-10-16(4)18(6)12-24(22)23-11-17(5)15(3)9-21(19)23;2*1-2/h7-12H,1-6H3;2*1-2H3. The summed E-state index contributed by atoms with van der Waals surface area (Å²) in [6.45, 7) is 21.3. The van der Waals surface area contributed by atoms with Crippen LogP contribution in [-0.4, -0.2) is 0 Å². The van der Waals surface area contributed by atoms with Crippen molar-refractivity contribution in [1.82, 2.24) is 0 Å². The van der Waals surface area contributed by atoms with Crippen LogP contribution in [0.5, 0.6) is 0 Å². The molecule has 0 heterocycles. The van der Waals surface area contributed by atoms with Crippen LogP contribution < -0.4 is 0 Å². The van der Waals surface area contributed by atoms with E-state index in [1.54, 1.807) is 0 Å². The van der Waals surface area contributed by atoms with Gasteiger partial charge in [0, 0.05) is 0 Å². The number of rotatable bonds is 0. The summed E-state index contributed by atoms with van der Waals surface area (Å²) in [6, 6.07) is 14.2. The Morgan fingerprint density at radius 2 is 0.393 bits per heavy atom. The van der Waals surface area contributed by atoms with Crippen LogP contribution in [0.25, 0.3) is 32.3 Å². The molecule has 0 nitrogen and oxygen atoms in total. The molecule has 0 fully saturated rings. The molecule has 0 N–H and O–H groups in total. The molecule has 0 saturated heterocycles. The highest BCUT2D eigenvalue weighted by Gasteiger charge is 2.12. The Morgan fingerprint density at radius 3 is 0.500 bits per heavy atom. The molecule has 148 valence electrons. The number of hydrogen-bond acceptors (Lipinski definition) is 0. The van der Waals surface area contributed by atoms with Crippen molar-refractivity contribution < 1.29 is 0 Å². The van der Waals surface area contributed by atoms with Crippen molar-refractivity contribution in [3.8, 4) is 0 Å². The Labute approximate surface area is 171 Å². The summed E-state index contributed by atoms with van der Waals surface area (Å²) in [5, 5.41) is 8.29. The van der Waals surface area contributed by atoms with Crippen molar-refractivity contribution in [2.24, 2.45) is 0 Å². The second-order valence-corrected chi connectivity index (χ2v) is 7.45. The molecule has 0 atom stereocenters. The van der Waals surface area contributed by atoms with Crippen molar-refractivity contribution in [1.29, 1.82) is 0 Å². The second-order valence-electron chi connectivity index (χ2n) is 7.45. The van der Waals surface area contributed by atoms with Crippen molar-refractivity contribution in [2.75, 3.05) is 0 Å². The highest BCUT2D eigenvalue weighted by molar-refractivity contribution is 6.26. The van der Waals surface area contributed by atoms with Crippen LogP contribution in [0, 0.1) is 41.5 Å². The van der Waals surface area contributed by atoms with E-state index < -0.39 is 0 Å². The van der Waals surface area contributed by atoms with Gasteiger partial charge in [-0.1, -0.05) is 64.1 Å². The average Bonchev–Trinajstić information content (AvgIpc) is 2.70. The molecule has 0 saturated carbocycles. The van der Waals surface area contributed by atoms with Gasteiger partial charge in [-0.3, -0.25) is 0 Å². The van der Waals surface area contributed by atoms with Crippen molar-refractivity contribution >= 4 is 32.3 Å². The lowest BCUT2D eigenvalue weighted by molar-refractivity contribution is 1.35. The number of aryl methyl sites for hydroxylation is 6. The predicted molar refractivity (Wildman–Crippen MR) is 130 cm³/mol. The minimum absolute atomic E-state index is 1.37. The third-order valence-corrected chi connectivity index (χ3v) is 5.77. The monoisotopic (exact) mass is 372 g/mol. The Morgan fingerprint density at radius 1 is 0.286 bits per heavy atom. The fourth-order valence-corrected chi connectivity index (χ4v) is 3.79. The van der Waals surface area contributed by atoms with Gasteiger partial charge >= 0.3 is 0 Å². The highest BCUT2D eigenvalue weighted by atomic mass is 14.2. The van der Waals surface area contributed by atoms with E-state index in [-0.39, 0.29) is 0 Å². The van der Waals surface area contributed by atoms with Gasteiger partial charge in [-0.15, -0.1) is 0 Å². The van der Waals surface area contributed by atoms with Gasteiger partial charge in [0.1, 0.15) is 0 Å². The van der Waals surface area contributed by atoms with E-state index >= 15 is 0 Å². The van der Waals surface area contributed by atoms with E-state index in [1.165, 1.54) is 65.7 Å². The Hall–Kier alpha value is -2.34. The maximum absolute atomic E-state index is 2.37. The summed E-state index contributed by atoms with van der Waals surface area (Å²) in [5.74, 6) is 0. The van der Waals surface area contributed by atoms with Gasteiger partial charge in [0.25, 0.3) is 0 Å². The maximum atomic E-state index is 2.37. The Bertz CT molecular complexity index is 877. The van der Waals surface area contributed by atoms with E-state index in [0.29, 0.717) is 0 Å². The molecule has 0 heteroatoms. The van der Waals surface area contributed by atoms with Crippen molar-refractivity contribution in [3.63, 3.8) is 0 Å². The van der Waals surface area contributed by atoms with Crippen LogP contribution in [0.3, 0.4) is 0 Å². The first-order valence-corrected chi connectivity index (χ1v) is 10.7. The highest BCUT2D eigenvalue weighted by Crippen LogP contribution is 2.38. The van der Waals surface area contributed by atoms with E-state index in [0.717, 1.165) is 0 Å². The zero-order chi connectivity index (χ0) is 21.2. The van der Waals surface area contributed by atoms with Gasteiger partial charge in [0.15, 0.2) is 0 Å². The van der Waals surface area contributed by atoms with Crippen LogP contribution in [0.1, 0.15) is 61.1 Å². The van der Waals surface area contributed by atoms with Gasteiger partial charge in [-0.2, -0.15) is 0 Å². The molecule has 0 bridgehead atoms. The van der Waals surface area contributed by atoms with E-state index in [1.807, 2.05) is 27.7 Å². The van der Waals surface area contributed by atoms with Crippen molar-refractivity contribution in [2.45, 2.75) is 69.2 Å². The van der Waals surface area contributed by atoms with E-state index in [9.17, 15) is 0 Å². The lowest BCUT2D eigenvalue weighted by Crippen LogP contribution is -1.91. The summed E-state index contributed by atoms with van der Waals surface area (Å²) in [7, 11) is 0. The van der Waals surface area contributed by atoms with Crippen molar-refractivity contribution in [3.05, 3.63) is 69.8 Å². The fraction of sp³-hybridized carbons (Fsp3) is 0.357. The molecular weight excluding hydrogens is 336 g/mol. The van der Waals surface area contributed by atoms with Crippen LogP contribution in [0.15, 0.2) is 36.4 Å². The molecule has 0 amide bonds. The third-order valence-electron chi connectivity index (χ3n) is 5.77. The quantitative estimate of drug-likeness (QED) is 0.270. The van der Waals surface area contributed by atoms with Gasteiger partial charge in [0.2, 0.25) is 0 Å². The summed E-state index contributed by atoms with van der Waals surface area (Å²) >= 11 is 0. The molecule has 0 radical (unpaired) electrons. The van der Waals surface area contributed by atoms with Gasteiger partial charge in [-0.05, 0) is 107 Å². The lowest BCUT2D eigenvalue weighted by Gasteiger charge is -2.16. The number of hydrogen-bond donors (Lipinski definition) is 0. The molecule has 0 aliphatic heterocycles. The molecule has 28 heavy (non-hydrogen) atoms. The minimum Gasteiger partial charge on any atom is -0.0683 e. The molecule has 0 unspecified atom stereocenters. The molecular formula is C28H36. The van der Waals surface area contributed by atoms with Crippen LogP contribution in [-0.2, 0) is 0 Å². The third kappa shape index (κ3) is 3.65. The zero-order valence-corrected chi connectivity index (χ0v) is 19.5. The summed E-state index contributed by atoms with van der Waals surface area (Å²) in [4.78, 5) is 0. The van der Waals surface area contributed by atoms with Gasteiger partial charge in [0.05, 0.1) is 0 Å². The van der Waals surface area contributed by atoms with E-state index in [2.05, 4.69) is 77.9 Å². The molecule has 0 spiro atoms. The number of fused-ring (bicyclic) bond motifs is 6. The molecule has 0 aliphatic rings. The largest absolute Gasteiger partial charge is 0.0683 e. The molecule has 4 aromatic rings. The van der Waals surface area contributed by atoms with E-state index in [4.69, 9.17) is 0 Å². The fourth-order valence-electron chi connectivity index (χ4n) is 3.79. The predicted octanol–water partition coefficient (Wildman–Crippen LogP) is 9.05. The maximum Gasteiger partial charge on any atom is -0.00960 e. The lowest BCUT2D eigenvalue weighted by atomic mass is 9.88. The zero-order valence-electron chi connectivity index (χ0n) is 19.5. The first-order valence-electron chi connectivity index (χ1n) is 10.7.